The molecule has 4 aromatic rings. The van der Waals surface area contributed by atoms with Crippen LogP contribution in [-0.2, 0) is 16.4 Å². The number of ether oxygens (including phenoxy) is 2. The minimum absolute atomic E-state index is 0.0319. The van der Waals surface area contributed by atoms with Crippen LogP contribution in [0.5, 0.6) is 11.5 Å². The molecule has 0 unspecified atom stereocenters. The van der Waals surface area contributed by atoms with Gasteiger partial charge < -0.3 is 13.9 Å². The Morgan fingerprint density at radius 1 is 0.935 bits per heavy atom. The van der Waals surface area contributed by atoms with Gasteiger partial charge in [-0.15, -0.1) is 0 Å². The van der Waals surface area contributed by atoms with Crippen molar-refractivity contribution in [1.29, 1.82) is 0 Å². The molecule has 0 N–H and O–H groups in total. The van der Waals surface area contributed by atoms with E-state index in [-0.39, 0.29) is 15.7 Å². The average molecular weight is 436 g/mol. The first kappa shape index (κ1) is 20.7. The highest BCUT2D eigenvalue weighted by atomic mass is 32.2. The van der Waals surface area contributed by atoms with Gasteiger partial charge in [-0.3, -0.25) is 0 Å². The highest BCUT2D eigenvalue weighted by Gasteiger charge is 2.27. The molecule has 4 rings (SSSR count). The summed E-state index contributed by atoms with van der Waals surface area (Å²) in [6, 6.07) is 20.9. The minimum Gasteiger partial charge on any atom is -0.493 e. The summed E-state index contributed by atoms with van der Waals surface area (Å²) in [7, 11) is -2.39. The fraction of sp³-hybridized carbons (Fsp3) is 0.125. The highest BCUT2D eigenvalue weighted by Crippen LogP contribution is 2.40. The lowest BCUT2D eigenvalue weighted by Gasteiger charge is -2.15. The molecular weight excluding hydrogens is 414 g/mol. The molecule has 31 heavy (non-hydrogen) atoms. The number of rotatable bonds is 7. The first-order chi connectivity index (χ1) is 15.0. The van der Waals surface area contributed by atoms with E-state index in [1.807, 2.05) is 30.3 Å². The maximum absolute atomic E-state index is 13.4. The van der Waals surface area contributed by atoms with Crippen LogP contribution in [0.2, 0.25) is 0 Å². The molecule has 158 valence electrons. The van der Waals surface area contributed by atoms with E-state index < -0.39 is 9.84 Å². The number of methoxy groups -OCH3 is 1. The molecule has 0 aliphatic carbocycles. The molecule has 1 aromatic heterocycles. The van der Waals surface area contributed by atoms with E-state index in [2.05, 4.69) is 4.98 Å². The highest BCUT2D eigenvalue weighted by molar-refractivity contribution is 7.91. The first-order valence-corrected chi connectivity index (χ1v) is 11.1. The Bertz CT molecular complexity index is 1280. The molecule has 6 nitrogen and oxygen atoms in total. The number of hydrogen-bond acceptors (Lipinski definition) is 6. The van der Waals surface area contributed by atoms with Gasteiger partial charge in [0.25, 0.3) is 0 Å². The number of aryl methyl sites for hydroxylation is 1. The third kappa shape index (κ3) is 4.32. The van der Waals surface area contributed by atoms with Crippen molar-refractivity contribution in [3.05, 3.63) is 90.3 Å². The second-order valence-electron chi connectivity index (χ2n) is 6.87. The largest absolute Gasteiger partial charge is 0.493 e. The van der Waals surface area contributed by atoms with Crippen molar-refractivity contribution in [2.45, 2.75) is 23.3 Å². The SMILES string of the molecule is COc1cc(S(=O)(=O)c2ccccc2)c(-c2ncc(C)o2)cc1OCc1ccccc1. The zero-order chi connectivity index (χ0) is 21.8. The topological polar surface area (TPSA) is 78.6 Å². The Hall–Kier alpha value is -3.58. The third-order valence-electron chi connectivity index (χ3n) is 4.70. The summed E-state index contributed by atoms with van der Waals surface area (Å²) < 4.78 is 43.9. The second-order valence-corrected chi connectivity index (χ2v) is 8.78. The van der Waals surface area contributed by atoms with Gasteiger partial charge in [0.15, 0.2) is 11.5 Å². The molecule has 3 aromatic carbocycles. The Kier molecular flexibility index (Phi) is 5.77. The Morgan fingerprint density at radius 3 is 2.23 bits per heavy atom. The molecule has 0 fully saturated rings. The standard InChI is InChI=1S/C24H21NO5S/c1-17-15-25-24(30-17)20-13-22(29-16-18-9-5-3-6-10-18)21(28-2)14-23(20)31(26,27)19-11-7-4-8-12-19/h3-15H,16H2,1-2H3. The lowest BCUT2D eigenvalue weighted by molar-refractivity contribution is 0.284. The zero-order valence-corrected chi connectivity index (χ0v) is 17.9. The van der Waals surface area contributed by atoms with Crippen molar-refractivity contribution in [2.75, 3.05) is 7.11 Å². The molecule has 0 aliphatic heterocycles. The van der Waals surface area contributed by atoms with Crippen LogP contribution in [0.1, 0.15) is 11.3 Å². The summed E-state index contributed by atoms with van der Waals surface area (Å²) in [5, 5.41) is 0. The van der Waals surface area contributed by atoms with Gasteiger partial charge in [0.2, 0.25) is 15.7 Å². The Labute approximate surface area is 181 Å². The number of sulfone groups is 1. The van der Waals surface area contributed by atoms with Crippen LogP contribution >= 0.6 is 0 Å². The lowest BCUT2D eigenvalue weighted by Crippen LogP contribution is -2.06. The number of nitrogens with zero attached hydrogens (tertiary/aromatic N) is 1. The van der Waals surface area contributed by atoms with Gasteiger partial charge in [0, 0.05) is 6.07 Å². The van der Waals surface area contributed by atoms with Crippen LogP contribution in [0.15, 0.2) is 93.2 Å². The van der Waals surface area contributed by atoms with E-state index in [4.69, 9.17) is 13.9 Å². The third-order valence-corrected chi connectivity index (χ3v) is 6.51. The molecule has 7 heteroatoms. The van der Waals surface area contributed by atoms with Gasteiger partial charge >= 0.3 is 0 Å². The molecule has 0 aliphatic rings. The van der Waals surface area contributed by atoms with Crippen molar-refractivity contribution >= 4 is 9.84 Å². The van der Waals surface area contributed by atoms with Crippen LogP contribution in [0.25, 0.3) is 11.5 Å². The number of aromatic nitrogens is 1. The molecule has 0 radical (unpaired) electrons. The summed E-state index contributed by atoms with van der Waals surface area (Å²) in [5.41, 5.74) is 1.28. The molecule has 0 amide bonds. The number of oxazole rings is 1. The summed E-state index contributed by atoms with van der Waals surface area (Å²) in [6.45, 7) is 2.05. The normalized spacial score (nSPS) is 11.3. The quantitative estimate of drug-likeness (QED) is 0.403. The number of benzene rings is 3. The molecule has 0 bridgehead atoms. The molecule has 0 saturated heterocycles. The molecule has 0 spiro atoms. The van der Waals surface area contributed by atoms with Gasteiger partial charge in [-0.25, -0.2) is 13.4 Å². The fourth-order valence-electron chi connectivity index (χ4n) is 3.14. The summed E-state index contributed by atoms with van der Waals surface area (Å²) in [6.07, 6.45) is 1.54. The molecule has 0 saturated carbocycles. The first-order valence-electron chi connectivity index (χ1n) is 9.61. The lowest BCUT2D eigenvalue weighted by atomic mass is 10.2. The van der Waals surface area contributed by atoms with Gasteiger partial charge in [0.1, 0.15) is 12.4 Å². The van der Waals surface area contributed by atoms with Crippen LogP contribution in [0, 0.1) is 6.92 Å². The fourth-order valence-corrected chi connectivity index (χ4v) is 4.61. The van der Waals surface area contributed by atoms with Crippen LogP contribution in [0.3, 0.4) is 0 Å². The molecule has 1 heterocycles. The number of hydrogen-bond donors (Lipinski definition) is 0. The summed E-state index contributed by atoms with van der Waals surface area (Å²) in [4.78, 5) is 4.44. The van der Waals surface area contributed by atoms with Crippen molar-refractivity contribution < 1.29 is 22.3 Å². The molecule has 0 atom stereocenters. The smallest absolute Gasteiger partial charge is 0.227 e. The molecular formula is C24H21NO5S. The van der Waals surface area contributed by atoms with E-state index >= 15 is 0 Å². The van der Waals surface area contributed by atoms with E-state index in [1.165, 1.54) is 13.2 Å². The average Bonchev–Trinajstić information content (AvgIpc) is 3.24. The van der Waals surface area contributed by atoms with Crippen LogP contribution in [0.4, 0.5) is 0 Å². The van der Waals surface area contributed by atoms with E-state index in [0.29, 0.717) is 29.4 Å². The minimum atomic E-state index is -3.86. The Morgan fingerprint density at radius 2 is 1.61 bits per heavy atom. The van der Waals surface area contributed by atoms with Crippen molar-refractivity contribution in [3.8, 4) is 23.0 Å². The van der Waals surface area contributed by atoms with Crippen molar-refractivity contribution in [1.82, 2.24) is 4.98 Å². The monoisotopic (exact) mass is 435 g/mol. The van der Waals surface area contributed by atoms with Gasteiger partial charge in [-0.1, -0.05) is 48.5 Å². The maximum atomic E-state index is 13.4. The van der Waals surface area contributed by atoms with Crippen LogP contribution in [-0.4, -0.2) is 20.5 Å². The second kappa shape index (κ2) is 8.65. The van der Waals surface area contributed by atoms with E-state index in [9.17, 15) is 8.42 Å². The predicted octanol–water partition coefficient (Wildman–Crippen LogP) is 5.07. The van der Waals surface area contributed by atoms with Crippen molar-refractivity contribution in [3.63, 3.8) is 0 Å². The Balaban J connectivity index is 1.84. The maximum Gasteiger partial charge on any atom is 0.227 e. The van der Waals surface area contributed by atoms with Gasteiger partial charge in [0.05, 0.1) is 28.7 Å². The van der Waals surface area contributed by atoms with E-state index in [1.54, 1.807) is 49.5 Å². The zero-order valence-electron chi connectivity index (χ0n) is 17.1. The van der Waals surface area contributed by atoms with Crippen LogP contribution < -0.4 is 9.47 Å². The van der Waals surface area contributed by atoms with Crippen molar-refractivity contribution in [2.24, 2.45) is 0 Å². The van der Waals surface area contributed by atoms with Gasteiger partial charge in [-0.05, 0) is 30.7 Å². The predicted molar refractivity (Wildman–Crippen MR) is 116 cm³/mol. The summed E-state index contributed by atoms with van der Waals surface area (Å²) in [5.74, 6) is 1.46. The summed E-state index contributed by atoms with van der Waals surface area (Å²) >= 11 is 0. The van der Waals surface area contributed by atoms with E-state index in [0.717, 1.165) is 5.56 Å². The van der Waals surface area contributed by atoms with Gasteiger partial charge in [-0.2, -0.15) is 0 Å².